The molecule has 0 saturated carbocycles. The number of halogens is 1. The quantitative estimate of drug-likeness (QED) is 0.645. The average molecular weight is 380 g/mol. The Morgan fingerprint density at radius 1 is 1.12 bits per heavy atom. The molecule has 0 atom stereocenters. The number of hydrogen-bond acceptors (Lipinski definition) is 5. The predicted molar refractivity (Wildman–Crippen MR) is 97.1 cm³/mol. The Labute approximate surface area is 146 Å². The SMILES string of the molecule is CS(=O)(=O)Nc1nc2cc(NC(=O)Nc3cccc(F)c3)ccc2s1. The number of carbonyl (C=O) groups excluding carboxylic acids is 1. The molecule has 130 valence electrons. The van der Waals surface area contributed by atoms with E-state index in [4.69, 9.17) is 0 Å². The molecule has 0 aliphatic heterocycles. The maximum atomic E-state index is 13.1. The van der Waals surface area contributed by atoms with Crippen molar-refractivity contribution >= 4 is 54.1 Å². The molecule has 0 unspecified atom stereocenters. The lowest BCUT2D eigenvalue weighted by Gasteiger charge is -2.07. The largest absolute Gasteiger partial charge is 0.323 e. The highest BCUT2D eigenvalue weighted by Gasteiger charge is 2.10. The lowest BCUT2D eigenvalue weighted by molar-refractivity contribution is 0.262. The van der Waals surface area contributed by atoms with E-state index in [2.05, 4.69) is 20.3 Å². The molecule has 1 heterocycles. The number of anilines is 3. The van der Waals surface area contributed by atoms with Crippen molar-refractivity contribution in [1.82, 2.24) is 4.98 Å². The van der Waals surface area contributed by atoms with Crippen molar-refractivity contribution in [3.05, 3.63) is 48.3 Å². The van der Waals surface area contributed by atoms with Gasteiger partial charge in [-0.1, -0.05) is 17.4 Å². The van der Waals surface area contributed by atoms with E-state index in [0.29, 0.717) is 16.9 Å². The normalized spacial score (nSPS) is 11.3. The third kappa shape index (κ3) is 4.64. The maximum absolute atomic E-state index is 13.1. The van der Waals surface area contributed by atoms with Crippen LogP contribution in [0.3, 0.4) is 0 Å². The minimum Gasteiger partial charge on any atom is -0.308 e. The van der Waals surface area contributed by atoms with Gasteiger partial charge in [-0.2, -0.15) is 0 Å². The molecule has 0 aliphatic rings. The van der Waals surface area contributed by atoms with Crippen LogP contribution in [0.5, 0.6) is 0 Å². The molecular formula is C15H13FN4O3S2. The van der Waals surface area contributed by atoms with Gasteiger partial charge in [0.15, 0.2) is 5.13 Å². The molecular weight excluding hydrogens is 367 g/mol. The van der Waals surface area contributed by atoms with Crippen LogP contribution >= 0.6 is 11.3 Å². The van der Waals surface area contributed by atoms with E-state index in [1.54, 1.807) is 24.3 Å². The number of aromatic nitrogens is 1. The first-order chi connectivity index (χ1) is 11.8. The van der Waals surface area contributed by atoms with E-state index in [1.165, 1.54) is 29.5 Å². The maximum Gasteiger partial charge on any atom is 0.323 e. The summed E-state index contributed by atoms with van der Waals surface area (Å²) in [6.45, 7) is 0. The van der Waals surface area contributed by atoms with Gasteiger partial charge < -0.3 is 10.6 Å². The fraction of sp³-hybridized carbons (Fsp3) is 0.0667. The van der Waals surface area contributed by atoms with Gasteiger partial charge in [0.2, 0.25) is 10.0 Å². The Balaban J connectivity index is 1.74. The number of fused-ring (bicyclic) bond motifs is 1. The average Bonchev–Trinajstić information content (AvgIpc) is 2.86. The first kappa shape index (κ1) is 17.1. The van der Waals surface area contributed by atoms with Gasteiger partial charge in [0.25, 0.3) is 0 Å². The number of rotatable bonds is 4. The standard InChI is InChI=1S/C15H13FN4O3S2/c1-25(22,23)20-15-19-12-8-11(5-6-13(12)24-15)18-14(21)17-10-4-2-3-9(16)7-10/h2-8H,1H3,(H,19,20)(H2,17,18,21). The summed E-state index contributed by atoms with van der Waals surface area (Å²) in [7, 11) is -3.40. The number of urea groups is 1. The number of carbonyl (C=O) groups is 1. The zero-order chi connectivity index (χ0) is 18.0. The Hall–Kier alpha value is -2.72. The Bertz CT molecular complexity index is 1050. The first-order valence-corrected chi connectivity index (χ1v) is 9.71. The van der Waals surface area contributed by atoms with Crippen LogP contribution in [0.4, 0.5) is 25.7 Å². The molecule has 10 heteroatoms. The monoisotopic (exact) mass is 380 g/mol. The van der Waals surface area contributed by atoms with Crippen molar-refractivity contribution in [2.24, 2.45) is 0 Å². The third-order valence-electron chi connectivity index (χ3n) is 3.00. The van der Waals surface area contributed by atoms with Gasteiger partial charge in [0, 0.05) is 11.4 Å². The highest BCUT2D eigenvalue weighted by Crippen LogP contribution is 2.28. The van der Waals surface area contributed by atoms with Crippen molar-refractivity contribution in [3.8, 4) is 0 Å². The zero-order valence-corrected chi connectivity index (χ0v) is 14.5. The van der Waals surface area contributed by atoms with Crippen molar-refractivity contribution in [2.75, 3.05) is 21.6 Å². The van der Waals surface area contributed by atoms with E-state index >= 15 is 0 Å². The number of amides is 2. The van der Waals surface area contributed by atoms with Crippen molar-refractivity contribution in [3.63, 3.8) is 0 Å². The summed E-state index contributed by atoms with van der Waals surface area (Å²) in [4.78, 5) is 16.1. The molecule has 3 N–H and O–H groups in total. The van der Waals surface area contributed by atoms with Gasteiger partial charge in [0.1, 0.15) is 5.82 Å². The van der Waals surface area contributed by atoms with Crippen LogP contribution in [-0.4, -0.2) is 25.7 Å². The van der Waals surface area contributed by atoms with Crippen molar-refractivity contribution in [1.29, 1.82) is 0 Å². The fourth-order valence-corrected chi connectivity index (χ4v) is 3.75. The summed E-state index contributed by atoms with van der Waals surface area (Å²) >= 11 is 1.18. The molecule has 7 nitrogen and oxygen atoms in total. The second-order valence-electron chi connectivity index (χ2n) is 5.17. The van der Waals surface area contributed by atoms with Crippen molar-refractivity contribution in [2.45, 2.75) is 0 Å². The topological polar surface area (TPSA) is 100 Å². The summed E-state index contributed by atoms with van der Waals surface area (Å²) in [5.41, 5.74) is 1.34. The fourth-order valence-electron chi connectivity index (χ4n) is 2.07. The van der Waals surface area contributed by atoms with Gasteiger partial charge in [0.05, 0.1) is 16.5 Å². The highest BCUT2D eigenvalue weighted by atomic mass is 32.2. The van der Waals surface area contributed by atoms with Gasteiger partial charge in [-0.15, -0.1) is 0 Å². The van der Waals surface area contributed by atoms with E-state index < -0.39 is 21.9 Å². The number of nitrogens with one attached hydrogen (secondary N) is 3. The number of nitrogens with zero attached hydrogens (tertiary/aromatic N) is 1. The molecule has 0 bridgehead atoms. The molecule has 0 spiro atoms. The zero-order valence-electron chi connectivity index (χ0n) is 12.9. The Morgan fingerprint density at radius 3 is 2.52 bits per heavy atom. The van der Waals surface area contributed by atoms with E-state index in [0.717, 1.165) is 11.0 Å². The molecule has 2 amide bonds. The van der Waals surface area contributed by atoms with E-state index in [1.807, 2.05) is 0 Å². The molecule has 25 heavy (non-hydrogen) atoms. The first-order valence-electron chi connectivity index (χ1n) is 7.00. The molecule has 0 saturated heterocycles. The van der Waals surface area contributed by atoms with Gasteiger partial charge >= 0.3 is 6.03 Å². The summed E-state index contributed by atoms with van der Waals surface area (Å²) in [5.74, 6) is -0.451. The number of benzene rings is 2. The second kappa shape index (κ2) is 6.65. The third-order valence-corrected chi connectivity index (χ3v) is 4.65. The van der Waals surface area contributed by atoms with Crippen LogP contribution in [0, 0.1) is 5.82 Å². The molecule has 0 fully saturated rings. The summed E-state index contributed by atoms with van der Waals surface area (Å²) in [5, 5.41) is 5.38. The predicted octanol–water partition coefficient (Wildman–Crippen LogP) is 3.45. The van der Waals surface area contributed by atoms with Crippen LogP contribution in [0.1, 0.15) is 0 Å². The van der Waals surface area contributed by atoms with Crippen LogP contribution in [-0.2, 0) is 10.0 Å². The van der Waals surface area contributed by atoms with Gasteiger partial charge in [-0.05, 0) is 36.4 Å². The molecule has 2 aromatic carbocycles. The molecule has 0 aliphatic carbocycles. The van der Waals surface area contributed by atoms with E-state index in [9.17, 15) is 17.6 Å². The van der Waals surface area contributed by atoms with Crippen LogP contribution in [0.15, 0.2) is 42.5 Å². The van der Waals surface area contributed by atoms with Crippen LogP contribution in [0.2, 0.25) is 0 Å². The number of sulfonamides is 1. The summed E-state index contributed by atoms with van der Waals surface area (Å²) < 4.78 is 38.7. The van der Waals surface area contributed by atoms with Gasteiger partial charge in [-0.3, -0.25) is 4.72 Å². The highest BCUT2D eigenvalue weighted by molar-refractivity contribution is 7.92. The summed E-state index contributed by atoms with van der Waals surface area (Å²) in [6.07, 6.45) is 1.04. The van der Waals surface area contributed by atoms with Crippen LogP contribution in [0.25, 0.3) is 10.2 Å². The van der Waals surface area contributed by atoms with Gasteiger partial charge in [-0.25, -0.2) is 22.6 Å². The molecule has 3 rings (SSSR count). The Morgan fingerprint density at radius 2 is 1.84 bits per heavy atom. The minimum atomic E-state index is -3.40. The smallest absolute Gasteiger partial charge is 0.308 e. The second-order valence-corrected chi connectivity index (χ2v) is 7.94. The molecule has 3 aromatic rings. The molecule has 0 radical (unpaired) electrons. The lowest BCUT2D eigenvalue weighted by Crippen LogP contribution is -2.19. The lowest BCUT2D eigenvalue weighted by atomic mass is 10.3. The minimum absolute atomic E-state index is 0.249. The number of hydrogen-bond donors (Lipinski definition) is 3. The van der Waals surface area contributed by atoms with E-state index in [-0.39, 0.29) is 5.13 Å². The van der Waals surface area contributed by atoms with Crippen LogP contribution < -0.4 is 15.4 Å². The molecule has 1 aromatic heterocycles. The number of thiazole rings is 1. The van der Waals surface area contributed by atoms with Crippen molar-refractivity contribution < 1.29 is 17.6 Å². The summed E-state index contributed by atoms with van der Waals surface area (Å²) in [6, 6.07) is 10.00. The Kier molecular flexibility index (Phi) is 4.55.